The van der Waals surface area contributed by atoms with Gasteiger partial charge in [-0.3, -0.25) is 4.79 Å². The van der Waals surface area contributed by atoms with E-state index in [0.29, 0.717) is 26.2 Å². The average Bonchev–Trinajstić information content (AvgIpc) is 2.70. The van der Waals surface area contributed by atoms with Gasteiger partial charge in [-0.1, -0.05) is 6.07 Å². The van der Waals surface area contributed by atoms with Gasteiger partial charge in [0.15, 0.2) is 11.5 Å². The summed E-state index contributed by atoms with van der Waals surface area (Å²) in [6, 6.07) is 5.80. The number of nitrogens with one attached hydrogen (secondary N) is 2. The molecular weight excluding hydrogens is 292 g/mol. The molecule has 1 amide bonds. The number of amides is 1. The Bertz CT molecular complexity index is 455. The molecule has 0 fully saturated rings. The number of benzene rings is 1. The first-order valence-electron chi connectivity index (χ1n) is 7.09. The number of halogens is 1. The molecule has 0 aromatic heterocycles. The van der Waals surface area contributed by atoms with Crippen LogP contribution in [0, 0.1) is 0 Å². The lowest BCUT2D eigenvalue weighted by Crippen LogP contribution is -2.23. The molecule has 0 radical (unpaired) electrons. The monoisotopic (exact) mass is 314 g/mol. The van der Waals surface area contributed by atoms with E-state index < -0.39 is 0 Å². The first-order valence-corrected chi connectivity index (χ1v) is 7.09. The van der Waals surface area contributed by atoms with Gasteiger partial charge in [0.2, 0.25) is 5.91 Å². The average molecular weight is 315 g/mol. The lowest BCUT2D eigenvalue weighted by Gasteiger charge is -2.10. The predicted molar refractivity (Wildman–Crippen MR) is 84.3 cm³/mol. The maximum Gasteiger partial charge on any atom is 0.220 e. The smallest absolute Gasteiger partial charge is 0.220 e. The summed E-state index contributed by atoms with van der Waals surface area (Å²) in [5, 5.41) is 5.94. The van der Waals surface area contributed by atoms with Gasteiger partial charge in [-0.05, 0) is 37.7 Å². The zero-order valence-electron chi connectivity index (χ0n) is 12.3. The highest BCUT2D eigenvalue weighted by Gasteiger charge is 2.10. The van der Waals surface area contributed by atoms with E-state index in [1.807, 2.05) is 25.2 Å². The molecule has 1 heterocycles. The van der Waals surface area contributed by atoms with Gasteiger partial charge in [-0.25, -0.2) is 0 Å². The summed E-state index contributed by atoms with van der Waals surface area (Å²) < 4.78 is 11.2. The van der Waals surface area contributed by atoms with Crippen LogP contribution in [0.25, 0.3) is 0 Å². The number of carbonyl (C=O) groups excluding carboxylic acids is 1. The van der Waals surface area contributed by atoms with Crippen molar-refractivity contribution in [1.82, 2.24) is 10.6 Å². The Morgan fingerprint density at radius 1 is 1.24 bits per heavy atom. The number of fused-ring (bicyclic) bond motifs is 1. The number of hydrogen-bond donors (Lipinski definition) is 2. The molecule has 2 N–H and O–H groups in total. The molecule has 0 spiro atoms. The van der Waals surface area contributed by atoms with Gasteiger partial charge >= 0.3 is 0 Å². The molecule has 1 aliphatic rings. The van der Waals surface area contributed by atoms with Crippen LogP contribution < -0.4 is 20.1 Å². The molecule has 0 saturated heterocycles. The maximum absolute atomic E-state index is 11.6. The number of hydrogen-bond acceptors (Lipinski definition) is 4. The fraction of sp³-hybridized carbons (Fsp3) is 0.533. The Kier molecular flexibility index (Phi) is 7.93. The Hall–Kier alpha value is -1.46. The summed E-state index contributed by atoms with van der Waals surface area (Å²) >= 11 is 0. The molecule has 0 aliphatic carbocycles. The normalized spacial score (nSPS) is 13.0. The number of carbonyl (C=O) groups is 1. The number of rotatable bonds is 6. The third-order valence-corrected chi connectivity index (χ3v) is 3.13. The second-order valence-corrected chi connectivity index (χ2v) is 4.82. The summed E-state index contributed by atoms with van der Waals surface area (Å²) in [7, 11) is 1.88. The number of ether oxygens (including phenoxy) is 2. The third kappa shape index (κ3) is 5.81. The van der Waals surface area contributed by atoms with Crippen LogP contribution in [-0.2, 0) is 11.3 Å². The zero-order chi connectivity index (χ0) is 14.2. The van der Waals surface area contributed by atoms with Gasteiger partial charge in [0, 0.05) is 19.4 Å². The third-order valence-electron chi connectivity index (χ3n) is 3.13. The van der Waals surface area contributed by atoms with E-state index in [0.717, 1.165) is 36.4 Å². The van der Waals surface area contributed by atoms with Crippen LogP contribution >= 0.6 is 12.4 Å². The van der Waals surface area contributed by atoms with Crippen molar-refractivity contribution in [2.45, 2.75) is 25.8 Å². The van der Waals surface area contributed by atoms with Crippen molar-refractivity contribution in [1.29, 1.82) is 0 Å². The van der Waals surface area contributed by atoms with E-state index in [1.165, 1.54) is 0 Å². The van der Waals surface area contributed by atoms with Crippen LogP contribution in [0.15, 0.2) is 18.2 Å². The molecule has 0 unspecified atom stereocenters. The second-order valence-electron chi connectivity index (χ2n) is 4.82. The summed E-state index contributed by atoms with van der Waals surface area (Å²) in [5.41, 5.74) is 1.02. The SMILES string of the molecule is CNCCCC(=O)NCc1ccc2c(c1)OCCCO2.Cl. The van der Waals surface area contributed by atoms with E-state index >= 15 is 0 Å². The predicted octanol–water partition coefficient (Wildman–Crippen LogP) is 1.89. The summed E-state index contributed by atoms with van der Waals surface area (Å²) in [4.78, 5) is 11.6. The molecule has 118 valence electrons. The molecule has 5 nitrogen and oxygen atoms in total. The summed E-state index contributed by atoms with van der Waals surface area (Å²) in [6.07, 6.45) is 2.29. The zero-order valence-corrected chi connectivity index (χ0v) is 13.1. The molecule has 0 atom stereocenters. The van der Waals surface area contributed by atoms with Crippen molar-refractivity contribution in [3.8, 4) is 11.5 Å². The van der Waals surface area contributed by atoms with E-state index in [1.54, 1.807) is 0 Å². The van der Waals surface area contributed by atoms with Crippen LogP contribution in [0.1, 0.15) is 24.8 Å². The van der Waals surface area contributed by atoms with E-state index in [4.69, 9.17) is 9.47 Å². The van der Waals surface area contributed by atoms with Gasteiger partial charge in [-0.2, -0.15) is 0 Å². The molecule has 2 rings (SSSR count). The lowest BCUT2D eigenvalue weighted by molar-refractivity contribution is -0.121. The fourth-order valence-electron chi connectivity index (χ4n) is 2.03. The van der Waals surface area contributed by atoms with E-state index in [-0.39, 0.29) is 18.3 Å². The highest BCUT2D eigenvalue weighted by molar-refractivity contribution is 5.85. The van der Waals surface area contributed by atoms with Gasteiger partial charge in [0.1, 0.15) is 0 Å². The van der Waals surface area contributed by atoms with Crippen LogP contribution in [0.2, 0.25) is 0 Å². The molecule has 1 aliphatic heterocycles. The fourth-order valence-corrected chi connectivity index (χ4v) is 2.03. The van der Waals surface area contributed by atoms with Crippen LogP contribution in [-0.4, -0.2) is 32.7 Å². The Balaban J connectivity index is 0.00000220. The molecule has 21 heavy (non-hydrogen) atoms. The Labute approximate surface area is 131 Å². The minimum atomic E-state index is 0. The standard InChI is InChI=1S/C15H22N2O3.ClH/c1-16-7-2-4-15(18)17-11-12-5-6-13-14(10-12)20-9-3-8-19-13;/h5-6,10,16H,2-4,7-9,11H2,1H3,(H,17,18);1H. The Morgan fingerprint density at radius 3 is 2.76 bits per heavy atom. The maximum atomic E-state index is 11.6. The first-order chi connectivity index (χ1) is 9.79. The molecule has 1 aromatic carbocycles. The molecule has 0 saturated carbocycles. The van der Waals surface area contributed by atoms with Gasteiger partial charge in [-0.15, -0.1) is 12.4 Å². The largest absolute Gasteiger partial charge is 0.490 e. The first kappa shape index (κ1) is 17.6. The van der Waals surface area contributed by atoms with Gasteiger partial charge in [0.05, 0.1) is 13.2 Å². The van der Waals surface area contributed by atoms with E-state index in [9.17, 15) is 4.79 Å². The highest BCUT2D eigenvalue weighted by Crippen LogP contribution is 2.30. The molecule has 1 aromatic rings. The van der Waals surface area contributed by atoms with Crippen LogP contribution in [0.4, 0.5) is 0 Å². The topological polar surface area (TPSA) is 59.6 Å². The van der Waals surface area contributed by atoms with Crippen molar-refractivity contribution in [3.63, 3.8) is 0 Å². The molecule has 6 heteroatoms. The second kappa shape index (κ2) is 9.47. The Morgan fingerprint density at radius 2 is 2.00 bits per heavy atom. The van der Waals surface area contributed by atoms with Crippen molar-refractivity contribution in [3.05, 3.63) is 23.8 Å². The summed E-state index contributed by atoms with van der Waals surface area (Å²) in [5.74, 6) is 1.63. The van der Waals surface area contributed by atoms with Gasteiger partial charge in [0.25, 0.3) is 0 Å². The van der Waals surface area contributed by atoms with Crippen LogP contribution in [0.3, 0.4) is 0 Å². The van der Waals surface area contributed by atoms with Crippen molar-refractivity contribution < 1.29 is 14.3 Å². The minimum Gasteiger partial charge on any atom is -0.490 e. The molecule has 0 bridgehead atoms. The summed E-state index contributed by atoms with van der Waals surface area (Å²) in [6.45, 7) is 2.74. The van der Waals surface area contributed by atoms with Gasteiger partial charge < -0.3 is 20.1 Å². The highest BCUT2D eigenvalue weighted by atomic mass is 35.5. The van der Waals surface area contributed by atoms with Crippen molar-refractivity contribution in [2.24, 2.45) is 0 Å². The minimum absolute atomic E-state index is 0. The quantitative estimate of drug-likeness (QED) is 0.787. The lowest BCUT2D eigenvalue weighted by atomic mass is 10.2. The van der Waals surface area contributed by atoms with E-state index in [2.05, 4.69) is 10.6 Å². The molecular formula is C15H23ClN2O3. The van der Waals surface area contributed by atoms with Crippen LogP contribution in [0.5, 0.6) is 11.5 Å². The van der Waals surface area contributed by atoms with Crippen molar-refractivity contribution in [2.75, 3.05) is 26.8 Å². The van der Waals surface area contributed by atoms with Crippen molar-refractivity contribution >= 4 is 18.3 Å².